The summed E-state index contributed by atoms with van der Waals surface area (Å²) in [7, 11) is 0. The molecule has 1 aromatic carbocycles. The molecule has 13 heavy (non-hydrogen) atoms. The monoisotopic (exact) mass is 173 g/mol. The lowest BCUT2D eigenvalue weighted by Gasteiger charge is -1.97. The van der Waals surface area contributed by atoms with Crippen LogP contribution in [0.1, 0.15) is 12.5 Å². The van der Waals surface area contributed by atoms with Crippen molar-refractivity contribution in [3.8, 4) is 0 Å². The van der Waals surface area contributed by atoms with Crippen LogP contribution in [0.5, 0.6) is 0 Å². The molecule has 1 heteroatoms. The predicted molar refractivity (Wildman–Crippen MR) is 58.3 cm³/mol. The number of nitrogens with two attached hydrogens (primary N) is 1. The van der Waals surface area contributed by atoms with Crippen LogP contribution in [0.3, 0.4) is 0 Å². The quantitative estimate of drug-likeness (QED) is 0.698. The van der Waals surface area contributed by atoms with Crippen molar-refractivity contribution in [3.63, 3.8) is 0 Å². The first-order valence-corrected chi connectivity index (χ1v) is 4.44. The fourth-order valence-corrected chi connectivity index (χ4v) is 1.07. The minimum atomic E-state index is 0.0187. The normalized spacial score (nSPS) is 14.0. The van der Waals surface area contributed by atoms with Gasteiger partial charge in [0.2, 0.25) is 0 Å². The van der Waals surface area contributed by atoms with Gasteiger partial charge in [-0.05, 0) is 12.5 Å². The average Bonchev–Trinajstić information content (AvgIpc) is 2.17. The molecule has 0 aromatic heterocycles. The van der Waals surface area contributed by atoms with Gasteiger partial charge in [-0.2, -0.15) is 0 Å². The Balaban J connectivity index is 2.59. The zero-order valence-electron chi connectivity index (χ0n) is 7.85. The number of rotatable bonds is 3. The third-order valence-corrected chi connectivity index (χ3v) is 1.73. The van der Waals surface area contributed by atoms with Gasteiger partial charge in [0, 0.05) is 6.04 Å². The molecule has 0 aliphatic rings. The highest BCUT2D eigenvalue weighted by Gasteiger charge is 1.88. The first-order chi connectivity index (χ1) is 6.33. The lowest BCUT2D eigenvalue weighted by Crippen LogP contribution is -2.12. The van der Waals surface area contributed by atoms with E-state index in [1.807, 2.05) is 49.4 Å². The summed E-state index contributed by atoms with van der Waals surface area (Å²) in [5, 5.41) is 0. The molecule has 0 amide bonds. The van der Waals surface area contributed by atoms with Crippen molar-refractivity contribution in [2.75, 3.05) is 0 Å². The van der Waals surface area contributed by atoms with Gasteiger partial charge in [-0.1, -0.05) is 54.6 Å². The molecule has 68 valence electrons. The summed E-state index contributed by atoms with van der Waals surface area (Å²) in [6, 6.07) is 10.2. The van der Waals surface area contributed by atoms with Crippen LogP contribution in [0.15, 0.2) is 48.6 Å². The van der Waals surface area contributed by atoms with E-state index in [1.165, 1.54) is 5.56 Å². The molecule has 2 N–H and O–H groups in total. The van der Waals surface area contributed by atoms with Crippen molar-refractivity contribution in [1.82, 2.24) is 0 Å². The van der Waals surface area contributed by atoms with Crippen LogP contribution in [0.2, 0.25) is 0 Å². The Labute approximate surface area is 79.6 Å². The first kappa shape index (κ1) is 9.75. The van der Waals surface area contributed by atoms with E-state index >= 15 is 0 Å². The van der Waals surface area contributed by atoms with Crippen LogP contribution in [0.4, 0.5) is 0 Å². The number of allylic oxidation sites excluding steroid dienone is 1. The summed E-state index contributed by atoms with van der Waals surface area (Å²) in [5.41, 5.74) is 6.94. The molecule has 0 spiro atoms. The van der Waals surface area contributed by atoms with Crippen LogP contribution in [0, 0.1) is 0 Å². The summed E-state index contributed by atoms with van der Waals surface area (Å²) >= 11 is 0. The number of benzene rings is 1. The standard InChI is InChI=1S/C12H15N/c1-2-6-12(13)10-9-11-7-4-3-5-8-11/h2-10,12H,13H2,1H3/b6-2?,10-9-. The summed E-state index contributed by atoms with van der Waals surface area (Å²) < 4.78 is 0. The van der Waals surface area contributed by atoms with Crippen molar-refractivity contribution >= 4 is 6.08 Å². The molecule has 0 saturated heterocycles. The molecular formula is C12H15N. The largest absolute Gasteiger partial charge is 0.321 e. The fourth-order valence-electron chi connectivity index (χ4n) is 1.07. The summed E-state index contributed by atoms with van der Waals surface area (Å²) in [6.07, 6.45) is 7.93. The van der Waals surface area contributed by atoms with Crippen LogP contribution in [-0.4, -0.2) is 6.04 Å². The third kappa shape index (κ3) is 3.72. The molecule has 0 radical (unpaired) electrons. The molecule has 1 rings (SSSR count). The Hall–Kier alpha value is -1.34. The molecule has 0 aliphatic carbocycles. The molecule has 1 atom stereocenters. The van der Waals surface area contributed by atoms with Crippen molar-refractivity contribution in [3.05, 3.63) is 54.1 Å². The smallest absolute Gasteiger partial charge is 0.0413 e. The minimum Gasteiger partial charge on any atom is -0.321 e. The lowest BCUT2D eigenvalue weighted by molar-refractivity contribution is 1.03. The van der Waals surface area contributed by atoms with Gasteiger partial charge < -0.3 is 5.73 Å². The van der Waals surface area contributed by atoms with Crippen LogP contribution in [0.25, 0.3) is 6.08 Å². The first-order valence-electron chi connectivity index (χ1n) is 4.44. The Bertz CT molecular complexity index is 285. The maximum absolute atomic E-state index is 5.76. The predicted octanol–water partition coefficient (Wildman–Crippen LogP) is 2.60. The summed E-state index contributed by atoms with van der Waals surface area (Å²) in [5.74, 6) is 0. The van der Waals surface area contributed by atoms with E-state index < -0.39 is 0 Å². The van der Waals surface area contributed by atoms with Crippen molar-refractivity contribution < 1.29 is 0 Å². The summed E-state index contributed by atoms with van der Waals surface area (Å²) in [4.78, 5) is 0. The second kappa shape index (κ2) is 5.33. The summed E-state index contributed by atoms with van der Waals surface area (Å²) in [6.45, 7) is 1.97. The van der Waals surface area contributed by atoms with Gasteiger partial charge in [0.15, 0.2) is 0 Å². The molecule has 0 aliphatic heterocycles. The number of hydrogen-bond acceptors (Lipinski definition) is 1. The molecular weight excluding hydrogens is 158 g/mol. The molecule has 0 heterocycles. The van der Waals surface area contributed by atoms with Gasteiger partial charge >= 0.3 is 0 Å². The van der Waals surface area contributed by atoms with E-state index in [-0.39, 0.29) is 6.04 Å². The van der Waals surface area contributed by atoms with Crippen molar-refractivity contribution in [1.29, 1.82) is 0 Å². The van der Waals surface area contributed by atoms with Gasteiger partial charge in [-0.25, -0.2) is 0 Å². The molecule has 1 nitrogen and oxygen atoms in total. The van der Waals surface area contributed by atoms with E-state index in [9.17, 15) is 0 Å². The van der Waals surface area contributed by atoms with Gasteiger partial charge in [0.1, 0.15) is 0 Å². The number of hydrogen-bond donors (Lipinski definition) is 1. The van der Waals surface area contributed by atoms with Gasteiger partial charge in [0.25, 0.3) is 0 Å². The van der Waals surface area contributed by atoms with Crippen LogP contribution in [-0.2, 0) is 0 Å². The topological polar surface area (TPSA) is 26.0 Å². The second-order valence-corrected chi connectivity index (χ2v) is 2.87. The molecule has 0 fully saturated rings. The average molecular weight is 173 g/mol. The SMILES string of the molecule is CC=CC(N)/C=C\c1ccccc1. The molecule has 0 saturated carbocycles. The Morgan fingerprint density at radius 3 is 2.46 bits per heavy atom. The van der Waals surface area contributed by atoms with E-state index in [1.54, 1.807) is 0 Å². The highest BCUT2D eigenvalue weighted by atomic mass is 14.6. The highest BCUT2D eigenvalue weighted by Crippen LogP contribution is 2.01. The lowest BCUT2D eigenvalue weighted by atomic mass is 10.2. The van der Waals surface area contributed by atoms with E-state index in [0.717, 1.165) is 0 Å². The maximum Gasteiger partial charge on any atom is 0.0413 e. The van der Waals surface area contributed by atoms with Crippen molar-refractivity contribution in [2.24, 2.45) is 5.73 Å². The van der Waals surface area contributed by atoms with Crippen LogP contribution >= 0.6 is 0 Å². The fraction of sp³-hybridized carbons (Fsp3) is 0.167. The van der Waals surface area contributed by atoms with E-state index in [0.29, 0.717) is 0 Å². The zero-order valence-corrected chi connectivity index (χ0v) is 7.85. The Kier molecular flexibility index (Phi) is 4.00. The molecule has 1 unspecified atom stereocenters. The van der Waals surface area contributed by atoms with Gasteiger partial charge in [0.05, 0.1) is 0 Å². The highest BCUT2D eigenvalue weighted by molar-refractivity contribution is 5.49. The van der Waals surface area contributed by atoms with E-state index in [4.69, 9.17) is 5.73 Å². The zero-order chi connectivity index (χ0) is 9.52. The van der Waals surface area contributed by atoms with Gasteiger partial charge in [-0.3, -0.25) is 0 Å². The maximum atomic E-state index is 5.76. The molecule has 0 bridgehead atoms. The minimum absolute atomic E-state index is 0.0187. The Morgan fingerprint density at radius 2 is 1.85 bits per heavy atom. The van der Waals surface area contributed by atoms with Gasteiger partial charge in [-0.15, -0.1) is 0 Å². The van der Waals surface area contributed by atoms with Crippen molar-refractivity contribution in [2.45, 2.75) is 13.0 Å². The molecule has 1 aromatic rings. The Morgan fingerprint density at radius 1 is 1.15 bits per heavy atom. The van der Waals surface area contributed by atoms with Crippen LogP contribution < -0.4 is 5.73 Å². The third-order valence-electron chi connectivity index (χ3n) is 1.73. The van der Waals surface area contributed by atoms with E-state index in [2.05, 4.69) is 12.1 Å². The second-order valence-electron chi connectivity index (χ2n) is 2.87.